The molecule has 1 aromatic rings. The second kappa shape index (κ2) is 6.58. The first-order chi connectivity index (χ1) is 9.91. The van der Waals surface area contributed by atoms with Gasteiger partial charge in [-0.1, -0.05) is 0 Å². The average molecular weight is 314 g/mol. The number of aliphatic hydroxyl groups is 1. The van der Waals surface area contributed by atoms with E-state index in [2.05, 4.69) is 15.3 Å². The van der Waals surface area contributed by atoms with Gasteiger partial charge in [-0.05, 0) is 51.1 Å². The minimum Gasteiger partial charge on any atom is -0.462 e. The lowest BCUT2D eigenvalue weighted by atomic mass is 9.83. The number of carbonyl (C=O) groups is 1. The number of halogens is 1. The minimum atomic E-state index is -0.606. The molecule has 1 aliphatic carbocycles. The molecule has 0 atom stereocenters. The number of carbonyl (C=O) groups excluding carboxylic acids is 1. The number of rotatable bonds is 4. The molecule has 2 rings (SSSR count). The Bertz CT molecular complexity index is 512. The lowest BCUT2D eigenvalue weighted by Gasteiger charge is -2.33. The first-order valence-electron chi connectivity index (χ1n) is 7.10. The average Bonchev–Trinajstić information content (AvgIpc) is 2.41. The van der Waals surface area contributed by atoms with Gasteiger partial charge in [0, 0.05) is 12.2 Å². The maximum Gasteiger partial charge on any atom is 0.343 e. The van der Waals surface area contributed by atoms with Crippen LogP contribution in [0.5, 0.6) is 0 Å². The van der Waals surface area contributed by atoms with Crippen LogP contribution in [-0.2, 0) is 4.74 Å². The number of esters is 1. The van der Waals surface area contributed by atoms with Crippen LogP contribution < -0.4 is 5.32 Å². The molecule has 0 radical (unpaired) electrons. The molecule has 7 heteroatoms. The lowest BCUT2D eigenvalue weighted by molar-refractivity contribution is 0.0195. The normalized spacial score (nSPS) is 25.4. The Morgan fingerprint density at radius 2 is 2.24 bits per heavy atom. The van der Waals surface area contributed by atoms with Gasteiger partial charge in [-0.2, -0.15) is 4.98 Å². The quantitative estimate of drug-likeness (QED) is 0.656. The number of hydrogen-bond donors (Lipinski definition) is 2. The third-order valence-electron chi connectivity index (χ3n) is 3.66. The van der Waals surface area contributed by atoms with E-state index in [9.17, 15) is 9.90 Å². The van der Waals surface area contributed by atoms with Crippen LogP contribution in [0, 0.1) is 0 Å². The first-order valence-corrected chi connectivity index (χ1v) is 7.47. The van der Waals surface area contributed by atoms with Crippen molar-refractivity contribution in [1.29, 1.82) is 0 Å². The second-order valence-corrected chi connectivity index (χ2v) is 5.88. The van der Waals surface area contributed by atoms with E-state index < -0.39 is 11.6 Å². The van der Waals surface area contributed by atoms with Crippen molar-refractivity contribution in [2.24, 2.45) is 0 Å². The Labute approximate surface area is 128 Å². The van der Waals surface area contributed by atoms with E-state index in [1.165, 1.54) is 6.20 Å². The maximum absolute atomic E-state index is 11.9. The summed E-state index contributed by atoms with van der Waals surface area (Å²) in [5.41, 5.74) is -0.329. The van der Waals surface area contributed by atoms with Crippen LogP contribution in [0.15, 0.2) is 6.20 Å². The Morgan fingerprint density at radius 1 is 1.57 bits per heavy atom. The van der Waals surface area contributed by atoms with Crippen LogP contribution in [0.25, 0.3) is 0 Å². The van der Waals surface area contributed by atoms with Gasteiger partial charge in [-0.15, -0.1) is 0 Å². The molecule has 0 unspecified atom stereocenters. The Kier molecular flexibility index (Phi) is 5.00. The molecule has 0 saturated heterocycles. The summed E-state index contributed by atoms with van der Waals surface area (Å²) in [7, 11) is 0. The third kappa shape index (κ3) is 4.28. The van der Waals surface area contributed by atoms with E-state index in [0.29, 0.717) is 18.7 Å². The van der Waals surface area contributed by atoms with Crippen LogP contribution >= 0.6 is 11.6 Å². The molecule has 0 spiro atoms. The van der Waals surface area contributed by atoms with Crippen LogP contribution in [0.3, 0.4) is 0 Å². The number of anilines is 1. The molecule has 1 aromatic heterocycles. The summed E-state index contributed by atoms with van der Waals surface area (Å²) in [6, 6.07) is 0.143. The van der Waals surface area contributed by atoms with E-state index >= 15 is 0 Å². The zero-order valence-electron chi connectivity index (χ0n) is 12.2. The summed E-state index contributed by atoms with van der Waals surface area (Å²) in [6.45, 7) is 3.87. The van der Waals surface area contributed by atoms with Crippen molar-refractivity contribution < 1.29 is 14.6 Å². The zero-order chi connectivity index (χ0) is 15.5. The van der Waals surface area contributed by atoms with Crippen LogP contribution in [0.2, 0.25) is 5.28 Å². The Morgan fingerprint density at radius 3 is 2.86 bits per heavy atom. The van der Waals surface area contributed by atoms with Crippen molar-refractivity contribution in [3.8, 4) is 0 Å². The van der Waals surface area contributed by atoms with Crippen LogP contribution in [0.4, 0.5) is 5.82 Å². The number of ether oxygens (including phenoxy) is 1. The summed E-state index contributed by atoms with van der Waals surface area (Å²) in [4.78, 5) is 19.8. The van der Waals surface area contributed by atoms with E-state index in [0.717, 1.165) is 12.8 Å². The fourth-order valence-corrected chi connectivity index (χ4v) is 2.54. The summed E-state index contributed by atoms with van der Waals surface area (Å²) < 4.78 is 4.99. The van der Waals surface area contributed by atoms with E-state index in [1.807, 2.05) is 6.92 Å². The molecule has 21 heavy (non-hydrogen) atoms. The van der Waals surface area contributed by atoms with E-state index in [1.54, 1.807) is 6.92 Å². The van der Waals surface area contributed by atoms with Crippen molar-refractivity contribution >= 4 is 23.4 Å². The molecular formula is C14H20ClN3O3. The van der Waals surface area contributed by atoms with Gasteiger partial charge in [0.2, 0.25) is 5.28 Å². The fraction of sp³-hybridized carbons (Fsp3) is 0.643. The van der Waals surface area contributed by atoms with Gasteiger partial charge < -0.3 is 15.2 Å². The monoisotopic (exact) mass is 313 g/mol. The summed E-state index contributed by atoms with van der Waals surface area (Å²) in [5, 5.41) is 13.3. The molecular weight excluding hydrogens is 294 g/mol. The van der Waals surface area contributed by atoms with Crippen molar-refractivity contribution in [1.82, 2.24) is 9.97 Å². The van der Waals surface area contributed by atoms with E-state index in [4.69, 9.17) is 16.3 Å². The Balaban J connectivity index is 2.12. The molecule has 1 saturated carbocycles. The van der Waals surface area contributed by atoms with E-state index in [-0.39, 0.29) is 23.5 Å². The van der Waals surface area contributed by atoms with Crippen molar-refractivity contribution in [3.05, 3.63) is 17.0 Å². The summed E-state index contributed by atoms with van der Waals surface area (Å²) >= 11 is 5.81. The molecule has 116 valence electrons. The zero-order valence-corrected chi connectivity index (χ0v) is 13.0. The van der Waals surface area contributed by atoms with Gasteiger partial charge in [-0.25, -0.2) is 9.78 Å². The van der Waals surface area contributed by atoms with Gasteiger partial charge in [0.1, 0.15) is 11.4 Å². The standard InChI is InChI=1S/C14H20ClN3O3/c1-3-21-12(19)10-8-16-13(15)18-11(10)17-9-4-6-14(2,20)7-5-9/h8-9,20H,3-7H2,1-2H3,(H,16,17,18)/t9-,14-. The number of aromatic nitrogens is 2. The van der Waals surface area contributed by atoms with Crippen molar-refractivity contribution in [2.45, 2.75) is 51.2 Å². The smallest absolute Gasteiger partial charge is 0.343 e. The number of nitrogens with zero attached hydrogens (tertiary/aromatic N) is 2. The molecule has 0 aromatic carbocycles. The first kappa shape index (κ1) is 16.0. The molecule has 1 aliphatic rings. The fourth-order valence-electron chi connectivity index (χ4n) is 2.41. The summed E-state index contributed by atoms with van der Waals surface area (Å²) in [5.74, 6) is -0.0838. The summed E-state index contributed by atoms with van der Waals surface area (Å²) in [6.07, 6.45) is 4.39. The number of hydrogen-bond acceptors (Lipinski definition) is 6. The highest BCUT2D eigenvalue weighted by atomic mass is 35.5. The van der Waals surface area contributed by atoms with Gasteiger partial charge in [0.25, 0.3) is 0 Å². The third-order valence-corrected chi connectivity index (χ3v) is 3.84. The molecule has 6 nitrogen and oxygen atoms in total. The van der Waals surface area contributed by atoms with Gasteiger partial charge in [0.05, 0.1) is 12.2 Å². The predicted octanol–water partition coefficient (Wildman–Crippen LogP) is 2.41. The van der Waals surface area contributed by atoms with Gasteiger partial charge in [-0.3, -0.25) is 0 Å². The molecule has 2 N–H and O–H groups in total. The van der Waals surface area contributed by atoms with Crippen LogP contribution in [-0.4, -0.2) is 39.3 Å². The molecule has 0 aliphatic heterocycles. The molecule has 1 heterocycles. The largest absolute Gasteiger partial charge is 0.462 e. The topological polar surface area (TPSA) is 84.3 Å². The highest BCUT2D eigenvalue weighted by Crippen LogP contribution is 2.30. The lowest BCUT2D eigenvalue weighted by Crippen LogP contribution is -2.36. The highest BCUT2D eigenvalue weighted by molar-refractivity contribution is 6.28. The van der Waals surface area contributed by atoms with Crippen LogP contribution in [0.1, 0.15) is 49.9 Å². The van der Waals surface area contributed by atoms with Crippen molar-refractivity contribution in [2.75, 3.05) is 11.9 Å². The second-order valence-electron chi connectivity index (χ2n) is 5.54. The molecule has 0 amide bonds. The molecule has 1 fully saturated rings. The molecule has 0 bridgehead atoms. The Hall–Kier alpha value is -1.40. The van der Waals surface area contributed by atoms with Crippen molar-refractivity contribution in [3.63, 3.8) is 0 Å². The number of nitrogens with one attached hydrogen (secondary N) is 1. The van der Waals surface area contributed by atoms with Gasteiger partial charge >= 0.3 is 5.97 Å². The SMILES string of the molecule is CCOC(=O)c1cnc(Cl)nc1N[C@H]1CC[C@](C)(O)CC1. The minimum absolute atomic E-state index is 0.0772. The van der Waals surface area contributed by atoms with Gasteiger partial charge in [0.15, 0.2) is 0 Å². The predicted molar refractivity (Wildman–Crippen MR) is 79.5 cm³/mol. The maximum atomic E-state index is 11.9. The highest BCUT2D eigenvalue weighted by Gasteiger charge is 2.29.